The number of rotatable bonds is 8. The predicted molar refractivity (Wildman–Crippen MR) is 143 cm³/mol. The van der Waals surface area contributed by atoms with Gasteiger partial charge in [0.1, 0.15) is 11.4 Å². The van der Waals surface area contributed by atoms with E-state index in [4.69, 9.17) is 28.4 Å². The van der Waals surface area contributed by atoms with Crippen LogP contribution in [0.4, 0.5) is 0 Å². The summed E-state index contributed by atoms with van der Waals surface area (Å²) in [6, 6.07) is 6.52. The molecule has 1 aliphatic heterocycles. The first kappa shape index (κ1) is 27.4. The predicted octanol–water partition coefficient (Wildman–Crippen LogP) is 2.35. The molecule has 2 aromatic carbocycles. The SMILES string of the molecule is COC(=O)c1c(-c2cc(OC)c(OC)c(OC)c2)c2cc(OC)c(OC)cc2c(=O)n1C1CNCC[S+]1[O-]. The first-order valence-electron chi connectivity index (χ1n) is 11.7. The van der Waals surface area contributed by atoms with Crippen molar-refractivity contribution in [3.05, 3.63) is 40.3 Å². The normalized spacial score (nSPS) is 17.1. The Bertz CT molecular complexity index is 1400. The zero-order valence-corrected chi connectivity index (χ0v) is 22.9. The van der Waals surface area contributed by atoms with Gasteiger partial charge in [0.2, 0.25) is 11.1 Å². The second-order valence-electron chi connectivity index (χ2n) is 8.30. The lowest BCUT2D eigenvalue weighted by atomic mass is 9.95. The number of carbonyl (C=O) groups excluding carboxylic acids is 1. The van der Waals surface area contributed by atoms with Crippen LogP contribution in [0.1, 0.15) is 15.9 Å². The van der Waals surface area contributed by atoms with Gasteiger partial charge in [0.05, 0.1) is 54.6 Å². The maximum Gasteiger partial charge on any atom is 0.355 e. The lowest BCUT2D eigenvalue weighted by molar-refractivity contribution is 0.0587. The number of methoxy groups -OCH3 is 6. The van der Waals surface area contributed by atoms with E-state index in [2.05, 4.69) is 5.32 Å². The number of hydrogen-bond acceptors (Lipinski definition) is 10. The van der Waals surface area contributed by atoms with Crippen molar-refractivity contribution in [1.82, 2.24) is 9.88 Å². The van der Waals surface area contributed by atoms with Crippen molar-refractivity contribution < 1.29 is 37.8 Å². The third-order valence-electron chi connectivity index (χ3n) is 6.44. The molecule has 11 nitrogen and oxygen atoms in total. The topological polar surface area (TPSA) is 130 Å². The molecule has 0 amide bonds. The van der Waals surface area contributed by atoms with Crippen molar-refractivity contribution in [2.24, 2.45) is 0 Å². The summed E-state index contributed by atoms with van der Waals surface area (Å²) in [5.41, 5.74) is 0.239. The van der Waals surface area contributed by atoms with E-state index in [1.165, 1.54) is 47.2 Å². The molecule has 0 saturated carbocycles. The number of aromatic nitrogens is 1. The Balaban J connectivity index is 2.25. The van der Waals surface area contributed by atoms with Crippen LogP contribution in [0.5, 0.6) is 28.7 Å². The minimum Gasteiger partial charge on any atom is -0.615 e. The van der Waals surface area contributed by atoms with Crippen LogP contribution in [0.25, 0.3) is 21.9 Å². The van der Waals surface area contributed by atoms with Crippen LogP contribution in [0.2, 0.25) is 0 Å². The number of carbonyl (C=O) groups is 1. The van der Waals surface area contributed by atoms with Crippen molar-refractivity contribution in [2.75, 3.05) is 61.5 Å². The minimum absolute atomic E-state index is 0.0615. The van der Waals surface area contributed by atoms with E-state index in [-0.39, 0.29) is 17.6 Å². The first-order chi connectivity index (χ1) is 18.3. The van der Waals surface area contributed by atoms with Crippen LogP contribution < -0.4 is 34.6 Å². The molecule has 38 heavy (non-hydrogen) atoms. The summed E-state index contributed by atoms with van der Waals surface area (Å²) in [5, 5.41) is 2.99. The van der Waals surface area contributed by atoms with Crippen LogP contribution >= 0.6 is 0 Å². The fourth-order valence-electron chi connectivity index (χ4n) is 4.67. The smallest absolute Gasteiger partial charge is 0.355 e. The Morgan fingerprint density at radius 3 is 1.97 bits per heavy atom. The first-order valence-corrected chi connectivity index (χ1v) is 13.0. The summed E-state index contributed by atoms with van der Waals surface area (Å²) in [6.07, 6.45) is 0. The highest BCUT2D eigenvalue weighted by Crippen LogP contribution is 2.45. The quantitative estimate of drug-likeness (QED) is 0.332. The van der Waals surface area contributed by atoms with Gasteiger partial charge in [0.25, 0.3) is 5.56 Å². The summed E-state index contributed by atoms with van der Waals surface area (Å²) < 4.78 is 47.1. The number of hydrogen-bond donors (Lipinski definition) is 1. The standard InChI is InChI=1S/C26H30N2O9S/c1-32-17-11-15-16(12-18(17)33-2)25(29)28(21-13-27-7-8-38(21)31)23(26(30)37-6)22(15)14-9-19(34-3)24(36-5)20(10-14)35-4/h9-12,21,27H,7-8,13H2,1-6H3. The van der Waals surface area contributed by atoms with E-state index < -0.39 is 28.1 Å². The molecule has 1 aromatic heterocycles. The van der Waals surface area contributed by atoms with Gasteiger partial charge < -0.3 is 38.3 Å². The van der Waals surface area contributed by atoms with Gasteiger partial charge in [-0.2, -0.15) is 0 Å². The second-order valence-corrected chi connectivity index (χ2v) is 10.0. The number of pyridine rings is 1. The molecule has 2 atom stereocenters. The summed E-state index contributed by atoms with van der Waals surface area (Å²) >= 11 is -1.44. The van der Waals surface area contributed by atoms with Gasteiger partial charge in [-0.1, -0.05) is 0 Å². The molecule has 0 bridgehead atoms. The molecular formula is C26H30N2O9S. The van der Waals surface area contributed by atoms with Crippen molar-refractivity contribution >= 4 is 27.9 Å². The fourth-order valence-corrected chi connectivity index (χ4v) is 6.03. The molecule has 1 aliphatic rings. The van der Waals surface area contributed by atoms with Crippen LogP contribution in [-0.4, -0.2) is 76.6 Å². The molecule has 3 aromatic rings. The Hall–Kier alpha value is -3.61. The van der Waals surface area contributed by atoms with Gasteiger partial charge in [0, 0.05) is 17.5 Å². The van der Waals surface area contributed by atoms with Crippen LogP contribution in [0.15, 0.2) is 29.1 Å². The third kappa shape index (κ3) is 4.59. The summed E-state index contributed by atoms with van der Waals surface area (Å²) in [7, 11) is 8.61. The molecule has 0 aliphatic carbocycles. The van der Waals surface area contributed by atoms with Crippen molar-refractivity contribution in [3.63, 3.8) is 0 Å². The van der Waals surface area contributed by atoms with Crippen LogP contribution in [0.3, 0.4) is 0 Å². The lowest BCUT2D eigenvalue weighted by Crippen LogP contribution is -2.46. The third-order valence-corrected chi connectivity index (χ3v) is 8.03. The molecule has 12 heteroatoms. The highest BCUT2D eigenvalue weighted by molar-refractivity contribution is 7.91. The van der Waals surface area contributed by atoms with Crippen LogP contribution in [0, 0.1) is 0 Å². The molecule has 0 radical (unpaired) electrons. The Kier molecular flexibility index (Phi) is 8.24. The average Bonchev–Trinajstić information content (AvgIpc) is 2.95. The summed E-state index contributed by atoms with van der Waals surface area (Å²) in [4.78, 5) is 27.5. The van der Waals surface area contributed by atoms with Gasteiger partial charge in [-0.05, 0) is 41.0 Å². The van der Waals surface area contributed by atoms with Gasteiger partial charge in [0.15, 0.2) is 23.0 Å². The fraction of sp³-hybridized carbons (Fsp3) is 0.385. The molecule has 204 valence electrons. The van der Waals surface area contributed by atoms with E-state index in [9.17, 15) is 14.1 Å². The van der Waals surface area contributed by atoms with Gasteiger partial charge in [-0.25, -0.2) is 4.79 Å². The Morgan fingerprint density at radius 2 is 1.47 bits per heavy atom. The Morgan fingerprint density at radius 1 is 0.895 bits per heavy atom. The zero-order chi connectivity index (χ0) is 27.6. The van der Waals surface area contributed by atoms with E-state index >= 15 is 0 Å². The summed E-state index contributed by atoms with van der Waals surface area (Å²) in [5.74, 6) is 1.26. The van der Waals surface area contributed by atoms with E-state index in [0.29, 0.717) is 57.6 Å². The second kappa shape index (κ2) is 11.4. The monoisotopic (exact) mass is 546 g/mol. The minimum atomic E-state index is -1.44. The number of nitrogens with zero attached hydrogens (tertiary/aromatic N) is 1. The van der Waals surface area contributed by atoms with Gasteiger partial charge >= 0.3 is 5.97 Å². The maximum absolute atomic E-state index is 14.0. The molecule has 1 saturated heterocycles. The maximum atomic E-state index is 14.0. The van der Waals surface area contributed by atoms with Crippen LogP contribution in [-0.2, 0) is 15.9 Å². The van der Waals surface area contributed by atoms with Crippen molar-refractivity contribution in [2.45, 2.75) is 5.37 Å². The molecule has 2 heterocycles. The molecule has 1 N–H and O–H groups in total. The number of benzene rings is 2. The van der Waals surface area contributed by atoms with E-state index in [1.807, 2.05) is 0 Å². The van der Waals surface area contributed by atoms with Gasteiger partial charge in [-0.3, -0.25) is 9.36 Å². The van der Waals surface area contributed by atoms with E-state index in [0.717, 1.165) is 0 Å². The number of ether oxygens (including phenoxy) is 6. The highest BCUT2D eigenvalue weighted by Gasteiger charge is 2.36. The molecule has 2 unspecified atom stereocenters. The number of fused-ring (bicyclic) bond motifs is 1. The molecule has 4 rings (SSSR count). The van der Waals surface area contributed by atoms with E-state index in [1.54, 1.807) is 24.3 Å². The number of nitrogens with one attached hydrogen (secondary N) is 1. The molecule has 0 spiro atoms. The largest absolute Gasteiger partial charge is 0.615 e. The molecular weight excluding hydrogens is 516 g/mol. The van der Waals surface area contributed by atoms with Crippen molar-refractivity contribution in [1.29, 1.82) is 0 Å². The van der Waals surface area contributed by atoms with Gasteiger partial charge in [-0.15, -0.1) is 0 Å². The lowest BCUT2D eigenvalue weighted by Gasteiger charge is -2.30. The zero-order valence-electron chi connectivity index (χ0n) is 22.0. The average molecular weight is 547 g/mol. The summed E-state index contributed by atoms with van der Waals surface area (Å²) in [6.45, 7) is 0.758. The molecule has 1 fully saturated rings. The number of esters is 1. The Labute approximate surface area is 222 Å². The highest BCUT2D eigenvalue weighted by atomic mass is 32.2. The van der Waals surface area contributed by atoms with Crippen molar-refractivity contribution in [3.8, 4) is 39.9 Å².